The second-order valence-corrected chi connectivity index (χ2v) is 9.32. The van der Waals surface area contributed by atoms with Crippen molar-refractivity contribution in [1.29, 1.82) is 0 Å². The summed E-state index contributed by atoms with van der Waals surface area (Å²) in [5.74, 6) is -2.46. The zero-order valence-corrected chi connectivity index (χ0v) is 14.7. The number of likely N-dealkylation sites (tertiary alicyclic amines) is 1. The zero-order valence-electron chi connectivity index (χ0n) is 13.9. The van der Waals surface area contributed by atoms with Gasteiger partial charge in [0.05, 0.1) is 11.7 Å². The monoisotopic (exact) mass is 374 g/mol. The summed E-state index contributed by atoms with van der Waals surface area (Å²) in [7, 11) is -3.52. The van der Waals surface area contributed by atoms with E-state index in [0.29, 0.717) is 5.56 Å². The molecule has 1 spiro atoms. The van der Waals surface area contributed by atoms with Crippen molar-refractivity contribution in [3.63, 3.8) is 0 Å². The molecule has 0 bridgehead atoms. The fourth-order valence-electron chi connectivity index (χ4n) is 3.95. The molecule has 0 saturated carbocycles. The summed E-state index contributed by atoms with van der Waals surface area (Å²) in [6.07, 6.45) is 3.85. The van der Waals surface area contributed by atoms with Crippen molar-refractivity contribution in [2.75, 3.05) is 18.8 Å². The van der Waals surface area contributed by atoms with E-state index in [1.165, 1.54) is 4.90 Å². The summed E-state index contributed by atoms with van der Waals surface area (Å²) < 4.78 is 25.3. The quantitative estimate of drug-likeness (QED) is 0.871. The van der Waals surface area contributed by atoms with Crippen LogP contribution in [0.5, 0.6) is 0 Å². The normalized spacial score (nSPS) is 22.9. The fourth-order valence-corrected chi connectivity index (χ4v) is 6.26. The van der Waals surface area contributed by atoms with E-state index in [9.17, 15) is 23.1 Å². The number of carbonyl (C=O) groups is 2. The van der Waals surface area contributed by atoms with Crippen molar-refractivity contribution >= 4 is 21.7 Å². The summed E-state index contributed by atoms with van der Waals surface area (Å²) in [4.78, 5) is 25.6. The molecule has 26 heavy (non-hydrogen) atoms. The molecule has 0 aliphatic carbocycles. The van der Waals surface area contributed by atoms with Crippen molar-refractivity contribution in [2.45, 2.75) is 11.2 Å². The third-order valence-corrected chi connectivity index (χ3v) is 7.98. The topological polar surface area (TPSA) is 96.7 Å². The second kappa shape index (κ2) is 5.70. The molecular weight excluding hydrogens is 356 g/mol. The number of aliphatic carboxylic acids is 1. The number of benzene rings is 1. The van der Waals surface area contributed by atoms with Crippen LogP contribution in [0.3, 0.4) is 0 Å². The lowest BCUT2D eigenvalue weighted by Gasteiger charge is -2.48. The van der Waals surface area contributed by atoms with Crippen molar-refractivity contribution in [2.24, 2.45) is 5.92 Å². The van der Waals surface area contributed by atoms with E-state index in [1.807, 2.05) is 35.2 Å². The highest BCUT2D eigenvalue weighted by molar-refractivity contribution is 7.93. The minimum absolute atomic E-state index is 0.0567. The molecule has 8 heteroatoms. The lowest BCUT2D eigenvalue weighted by molar-refractivity contribution is -0.144. The van der Waals surface area contributed by atoms with E-state index in [-0.39, 0.29) is 31.2 Å². The fraction of sp³-hybridized carbons (Fsp3) is 0.333. The number of nitrogens with zero attached hydrogens (tertiary/aromatic N) is 2. The van der Waals surface area contributed by atoms with Crippen LogP contribution in [0.1, 0.15) is 16.8 Å². The predicted octanol–water partition coefficient (Wildman–Crippen LogP) is 1.19. The summed E-state index contributed by atoms with van der Waals surface area (Å²) in [5, 5.41) is 9.36. The number of sulfone groups is 1. The SMILES string of the molecule is O=C(O)C1CCS(=O)(=O)C12CN(C(=O)c1cccc(-n3cccc3)c1)C2. The number of carboxylic acids is 1. The van der Waals surface area contributed by atoms with Gasteiger partial charge in [0.25, 0.3) is 5.91 Å². The maximum Gasteiger partial charge on any atom is 0.308 e. The Hall–Kier alpha value is -2.61. The van der Waals surface area contributed by atoms with Gasteiger partial charge in [0.1, 0.15) is 4.75 Å². The first-order chi connectivity index (χ1) is 12.3. The van der Waals surface area contributed by atoms with Crippen molar-refractivity contribution in [3.05, 3.63) is 54.4 Å². The first-order valence-corrected chi connectivity index (χ1v) is 9.97. The van der Waals surface area contributed by atoms with Crippen molar-refractivity contribution < 1.29 is 23.1 Å². The van der Waals surface area contributed by atoms with Crippen LogP contribution in [0.25, 0.3) is 5.69 Å². The van der Waals surface area contributed by atoms with Crippen LogP contribution in [0.2, 0.25) is 0 Å². The maximum absolute atomic E-state index is 12.8. The lowest BCUT2D eigenvalue weighted by atomic mass is 9.83. The van der Waals surface area contributed by atoms with E-state index >= 15 is 0 Å². The number of amides is 1. The summed E-state index contributed by atoms with van der Waals surface area (Å²) in [6, 6.07) is 10.8. The highest BCUT2D eigenvalue weighted by Crippen LogP contribution is 2.45. The molecule has 2 saturated heterocycles. The van der Waals surface area contributed by atoms with Crippen LogP contribution in [-0.4, -0.2) is 58.5 Å². The van der Waals surface area contributed by atoms with E-state index < -0.39 is 26.5 Å². The van der Waals surface area contributed by atoms with Crippen LogP contribution >= 0.6 is 0 Å². The molecule has 1 N–H and O–H groups in total. The standard InChI is InChI=1S/C18H18N2O5S/c21-16(13-4-3-5-14(10-13)19-7-1-2-8-19)20-11-18(12-20)15(17(22)23)6-9-26(18,24)25/h1-5,7-8,10,15H,6,9,11-12H2,(H,22,23). The van der Waals surface area contributed by atoms with Gasteiger partial charge in [0.2, 0.25) is 0 Å². The second-order valence-electron chi connectivity index (χ2n) is 6.87. The molecule has 3 heterocycles. The molecule has 4 rings (SSSR count). The zero-order chi connectivity index (χ0) is 18.5. The number of aromatic nitrogens is 1. The Bertz CT molecular complexity index is 975. The first kappa shape index (κ1) is 16.8. The molecule has 0 radical (unpaired) electrons. The van der Waals surface area contributed by atoms with Gasteiger partial charge in [-0.15, -0.1) is 0 Å². The van der Waals surface area contributed by atoms with Crippen LogP contribution in [-0.2, 0) is 14.6 Å². The highest BCUT2D eigenvalue weighted by Gasteiger charge is 2.65. The van der Waals surface area contributed by atoms with Crippen LogP contribution in [0.4, 0.5) is 0 Å². The summed E-state index contributed by atoms with van der Waals surface area (Å²) in [6.45, 7) is -0.113. The van der Waals surface area contributed by atoms with Crippen molar-refractivity contribution in [1.82, 2.24) is 9.47 Å². The Labute approximate surface area is 150 Å². The third kappa shape index (κ3) is 2.36. The largest absolute Gasteiger partial charge is 0.481 e. The Kier molecular flexibility index (Phi) is 3.69. The van der Waals surface area contributed by atoms with E-state index in [4.69, 9.17) is 0 Å². The minimum atomic E-state index is -3.52. The van der Waals surface area contributed by atoms with Gasteiger partial charge in [0, 0.05) is 36.7 Å². The average molecular weight is 374 g/mol. The van der Waals surface area contributed by atoms with Gasteiger partial charge >= 0.3 is 5.97 Å². The molecule has 7 nitrogen and oxygen atoms in total. The Morgan fingerprint density at radius 2 is 1.81 bits per heavy atom. The maximum atomic E-state index is 12.8. The van der Waals surface area contributed by atoms with E-state index in [1.54, 1.807) is 18.2 Å². The van der Waals surface area contributed by atoms with E-state index in [0.717, 1.165) is 5.69 Å². The Morgan fingerprint density at radius 1 is 1.12 bits per heavy atom. The molecule has 1 atom stereocenters. The minimum Gasteiger partial charge on any atom is -0.481 e. The lowest BCUT2D eigenvalue weighted by Crippen LogP contribution is -2.69. The van der Waals surface area contributed by atoms with Gasteiger partial charge < -0.3 is 14.6 Å². The smallest absolute Gasteiger partial charge is 0.308 e. The molecule has 2 aliphatic heterocycles. The number of rotatable bonds is 3. The molecular formula is C18H18N2O5S. The predicted molar refractivity (Wildman–Crippen MR) is 93.9 cm³/mol. The first-order valence-electron chi connectivity index (χ1n) is 8.32. The summed E-state index contributed by atoms with van der Waals surface area (Å²) >= 11 is 0. The molecule has 2 fully saturated rings. The van der Waals surface area contributed by atoms with E-state index in [2.05, 4.69) is 0 Å². The number of hydrogen-bond acceptors (Lipinski definition) is 4. The molecule has 1 unspecified atom stereocenters. The molecule has 2 aromatic rings. The van der Waals surface area contributed by atoms with Gasteiger partial charge in [-0.3, -0.25) is 9.59 Å². The third-order valence-electron chi connectivity index (χ3n) is 5.43. The van der Waals surface area contributed by atoms with Gasteiger partial charge in [-0.2, -0.15) is 0 Å². The molecule has 136 valence electrons. The Morgan fingerprint density at radius 3 is 2.46 bits per heavy atom. The molecule has 1 aromatic carbocycles. The molecule has 1 aromatic heterocycles. The molecule has 2 aliphatic rings. The van der Waals surface area contributed by atoms with Crippen LogP contribution in [0, 0.1) is 5.92 Å². The summed E-state index contributed by atoms with van der Waals surface area (Å²) in [5.41, 5.74) is 1.28. The van der Waals surface area contributed by atoms with Gasteiger partial charge in [-0.1, -0.05) is 6.07 Å². The number of carboxylic acid groups (broad SMARTS) is 1. The number of hydrogen-bond donors (Lipinski definition) is 1. The highest BCUT2D eigenvalue weighted by atomic mass is 32.2. The van der Waals surface area contributed by atoms with Gasteiger partial charge in [0.15, 0.2) is 9.84 Å². The van der Waals surface area contributed by atoms with Gasteiger partial charge in [-0.25, -0.2) is 8.42 Å². The number of carbonyl (C=O) groups excluding carboxylic acids is 1. The molecule has 1 amide bonds. The van der Waals surface area contributed by atoms with Crippen LogP contribution < -0.4 is 0 Å². The van der Waals surface area contributed by atoms with Gasteiger partial charge in [-0.05, 0) is 36.8 Å². The van der Waals surface area contributed by atoms with Crippen LogP contribution in [0.15, 0.2) is 48.8 Å². The van der Waals surface area contributed by atoms with Crippen molar-refractivity contribution in [3.8, 4) is 5.69 Å². The average Bonchev–Trinajstić information content (AvgIpc) is 3.18. The Balaban J connectivity index is 1.57.